The fourth-order valence-corrected chi connectivity index (χ4v) is 4.78. The number of fused-ring (bicyclic) bond motifs is 1. The summed E-state index contributed by atoms with van der Waals surface area (Å²) in [5, 5.41) is 12.7. The molecule has 0 aliphatic carbocycles. The summed E-state index contributed by atoms with van der Waals surface area (Å²) in [4.78, 5) is 15.1. The fourth-order valence-electron chi connectivity index (χ4n) is 3.73. The van der Waals surface area contributed by atoms with E-state index in [4.69, 9.17) is 21.1 Å². The minimum atomic E-state index is -0.408. The van der Waals surface area contributed by atoms with Gasteiger partial charge in [-0.05, 0) is 50.1 Å². The van der Waals surface area contributed by atoms with E-state index < -0.39 is 5.25 Å². The predicted octanol–water partition coefficient (Wildman–Crippen LogP) is 4.37. The van der Waals surface area contributed by atoms with Crippen LogP contribution in [0.4, 0.5) is 11.6 Å². The second kappa shape index (κ2) is 8.91. The molecule has 166 valence electrons. The maximum atomic E-state index is 12.9. The van der Waals surface area contributed by atoms with Gasteiger partial charge in [0.25, 0.3) is 0 Å². The smallest absolute Gasteiger partial charge is 0.237 e. The standard InChI is InChI=1S/C22H22ClN5O3S/c1-14(20(29)24-16-7-8-18-19(12-16)31-13-30-18)32-22-26-25-21(27-9-2-3-10-27)28(22)17-6-4-5-15(23)11-17/h4-8,11-12,14H,2-3,9-10,13H2,1H3,(H,24,29). The predicted molar refractivity (Wildman–Crippen MR) is 124 cm³/mol. The molecule has 10 heteroatoms. The van der Waals surface area contributed by atoms with Gasteiger partial charge in [0.05, 0.1) is 10.9 Å². The highest BCUT2D eigenvalue weighted by Gasteiger charge is 2.25. The first kappa shape index (κ1) is 21.0. The van der Waals surface area contributed by atoms with Crippen LogP contribution < -0.4 is 19.7 Å². The third-order valence-electron chi connectivity index (χ3n) is 5.36. The largest absolute Gasteiger partial charge is 0.454 e. The Morgan fingerprint density at radius 1 is 1.12 bits per heavy atom. The summed E-state index contributed by atoms with van der Waals surface area (Å²) in [6, 6.07) is 12.9. The van der Waals surface area contributed by atoms with Crippen LogP contribution in [0.2, 0.25) is 5.02 Å². The van der Waals surface area contributed by atoms with E-state index in [0.29, 0.717) is 27.4 Å². The summed E-state index contributed by atoms with van der Waals surface area (Å²) in [6.45, 7) is 3.91. The molecule has 2 aliphatic heterocycles. The molecule has 2 aromatic carbocycles. The Morgan fingerprint density at radius 3 is 2.75 bits per heavy atom. The molecule has 1 amide bonds. The van der Waals surface area contributed by atoms with E-state index in [0.717, 1.165) is 37.6 Å². The normalized spacial score (nSPS) is 15.8. The zero-order valence-electron chi connectivity index (χ0n) is 17.5. The van der Waals surface area contributed by atoms with Gasteiger partial charge in [-0.3, -0.25) is 9.36 Å². The number of rotatable bonds is 6. The zero-order valence-corrected chi connectivity index (χ0v) is 19.0. The number of amides is 1. The lowest BCUT2D eigenvalue weighted by atomic mass is 10.2. The first-order valence-electron chi connectivity index (χ1n) is 10.4. The average Bonchev–Trinajstić information content (AvgIpc) is 3.53. The fraction of sp³-hybridized carbons (Fsp3) is 0.318. The molecule has 1 N–H and O–H groups in total. The number of thioether (sulfide) groups is 1. The van der Waals surface area contributed by atoms with E-state index in [1.165, 1.54) is 11.8 Å². The number of hydrogen-bond acceptors (Lipinski definition) is 7. The number of benzene rings is 2. The Balaban J connectivity index is 1.37. The number of ether oxygens (including phenoxy) is 2. The third-order valence-corrected chi connectivity index (χ3v) is 6.64. The summed E-state index contributed by atoms with van der Waals surface area (Å²) >= 11 is 7.61. The highest BCUT2D eigenvalue weighted by molar-refractivity contribution is 8.00. The molecule has 0 radical (unpaired) electrons. The summed E-state index contributed by atoms with van der Waals surface area (Å²) in [5.41, 5.74) is 1.52. The van der Waals surface area contributed by atoms with Crippen molar-refractivity contribution in [3.8, 4) is 17.2 Å². The molecule has 0 saturated carbocycles. The van der Waals surface area contributed by atoms with Crippen molar-refractivity contribution in [3.63, 3.8) is 0 Å². The monoisotopic (exact) mass is 471 g/mol. The molecular weight excluding hydrogens is 450 g/mol. The van der Waals surface area contributed by atoms with Gasteiger partial charge in [0, 0.05) is 29.9 Å². The SMILES string of the molecule is CC(Sc1nnc(N2CCCC2)n1-c1cccc(Cl)c1)C(=O)Nc1ccc2c(c1)OCO2. The number of hydrogen-bond donors (Lipinski definition) is 1. The second-order valence-electron chi connectivity index (χ2n) is 7.61. The summed E-state index contributed by atoms with van der Waals surface area (Å²) < 4.78 is 12.7. The number of anilines is 2. The van der Waals surface area contributed by atoms with E-state index in [9.17, 15) is 4.79 Å². The Kier molecular flexibility index (Phi) is 5.84. The highest BCUT2D eigenvalue weighted by atomic mass is 35.5. The molecule has 0 spiro atoms. The van der Waals surface area contributed by atoms with Gasteiger partial charge in [0.15, 0.2) is 16.7 Å². The van der Waals surface area contributed by atoms with Gasteiger partial charge in [-0.2, -0.15) is 0 Å². The molecule has 1 fully saturated rings. The van der Waals surface area contributed by atoms with Crippen molar-refractivity contribution in [1.29, 1.82) is 0 Å². The van der Waals surface area contributed by atoms with Crippen molar-refractivity contribution in [2.45, 2.75) is 30.2 Å². The van der Waals surface area contributed by atoms with Crippen LogP contribution in [-0.2, 0) is 4.79 Å². The van der Waals surface area contributed by atoms with Crippen molar-refractivity contribution in [1.82, 2.24) is 14.8 Å². The van der Waals surface area contributed by atoms with Crippen LogP contribution in [0.3, 0.4) is 0 Å². The minimum Gasteiger partial charge on any atom is -0.454 e. The van der Waals surface area contributed by atoms with E-state index in [2.05, 4.69) is 20.4 Å². The maximum Gasteiger partial charge on any atom is 0.237 e. The summed E-state index contributed by atoms with van der Waals surface area (Å²) in [7, 11) is 0. The van der Waals surface area contributed by atoms with E-state index in [-0.39, 0.29) is 12.7 Å². The summed E-state index contributed by atoms with van der Waals surface area (Å²) in [6.07, 6.45) is 2.25. The van der Waals surface area contributed by atoms with Crippen molar-refractivity contribution in [2.24, 2.45) is 0 Å². The van der Waals surface area contributed by atoms with Crippen molar-refractivity contribution < 1.29 is 14.3 Å². The molecule has 1 unspecified atom stereocenters. The van der Waals surface area contributed by atoms with Crippen molar-refractivity contribution in [2.75, 3.05) is 30.1 Å². The van der Waals surface area contributed by atoms with Gasteiger partial charge in [-0.1, -0.05) is 29.4 Å². The molecule has 0 bridgehead atoms. The first-order chi connectivity index (χ1) is 15.6. The lowest BCUT2D eigenvalue weighted by molar-refractivity contribution is -0.115. The molecule has 32 heavy (non-hydrogen) atoms. The molecule has 5 rings (SSSR count). The maximum absolute atomic E-state index is 12.9. The van der Waals surface area contributed by atoms with Gasteiger partial charge in [-0.15, -0.1) is 10.2 Å². The van der Waals surface area contributed by atoms with Crippen LogP contribution in [0.1, 0.15) is 19.8 Å². The molecule has 8 nitrogen and oxygen atoms in total. The number of nitrogens with one attached hydrogen (secondary N) is 1. The van der Waals surface area contributed by atoms with Gasteiger partial charge in [0.2, 0.25) is 18.6 Å². The van der Waals surface area contributed by atoms with Gasteiger partial charge in [-0.25, -0.2) is 0 Å². The lowest BCUT2D eigenvalue weighted by Crippen LogP contribution is -2.24. The van der Waals surface area contributed by atoms with E-state index in [1.54, 1.807) is 18.2 Å². The highest BCUT2D eigenvalue weighted by Crippen LogP contribution is 2.35. The topological polar surface area (TPSA) is 81.5 Å². The Morgan fingerprint density at radius 2 is 1.94 bits per heavy atom. The average molecular weight is 472 g/mol. The van der Waals surface area contributed by atoms with Gasteiger partial charge >= 0.3 is 0 Å². The van der Waals surface area contributed by atoms with E-state index in [1.807, 2.05) is 35.8 Å². The van der Waals surface area contributed by atoms with Crippen molar-refractivity contribution in [3.05, 3.63) is 47.5 Å². The lowest BCUT2D eigenvalue weighted by Gasteiger charge is -2.19. The number of carbonyl (C=O) groups excluding carboxylic acids is 1. The van der Waals surface area contributed by atoms with Crippen LogP contribution in [0.5, 0.6) is 11.5 Å². The molecule has 1 atom stereocenters. The Labute approximate surface area is 194 Å². The second-order valence-corrected chi connectivity index (χ2v) is 9.35. The molecule has 3 aromatic rings. The van der Waals surface area contributed by atoms with Crippen LogP contribution in [0, 0.1) is 0 Å². The zero-order chi connectivity index (χ0) is 22.1. The third kappa shape index (κ3) is 4.22. The Bertz CT molecular complexity index is 1150. The number of halogens is 1. The van der Waals surface area contributed by atoms with Crippen LogP contribution in [-0.4, -0.2) is 45.8 Å². The quantitative estimate of drug-likeness (QED) is 0.534. The molecule has 3 heterocycles. The molecule has 2 aliphatic rings. The minimum absolute atomic E-state index is 0.141. The van der Waals surface area contributed by atoms with Gasteiger partial charge < -0.3 is 19.7 Å². The molecule has 1 aromatic heterocycles. The van der Waals surface area contributed by atoms with Crippen LogP contribution in [0.15, 0.2) is 47.6 Å². The number of carbonyl (C=O) groups is 1. The van der Waals surface area contributed by atoms with E-state index >= 15 is 0 Å². The Hall–Kier alpha value is -2.91. The van der Waals surface area contributed by atoms with Crippen LogP contribution >= 0.6 is 23.4 Å². The van der Waals surface area contributed by atoms with Crippen LogP contribution in [0.25, 0.3) is 5.69 Å². The number of nitrogens with zero attached hydrogens (tertiary/aromatic N) is 4. The molecule has 1 saturated heterocycles. The van der Waals surface area contributed by atoms with Crippen molar-refractivity contribution >= 4 is 40.9 Å². The number of aromatic nitrogens is 3. The van der Waals surface area contributed by atoms with Gasteiger partial charge in [0.1, 0.15) is 0 Å². The first-order valence-corrected chi connectivity index (χ1v) is 11.7. The summed E-state index contributed by atoms with van der Waals surface area (Å²) in [5.74, 6) is 1.93. The molecular formula is C22H22ClN5O3S.